The van der Waals surface area contributed by atoms with Crippen LogP contribution in [0, 0.1) is 5.92 Å². The third-order valence-corrected chi connectivity index (χ3v) is 4.77. The molecule has 2 atom stereocenters. The van der Waals surface area contributed by atoms with Crippen molar-refractivity contribution in [1.29, 1.82) is 0 Å². The summed E-state index contributed by atoms with van der Waals surface area (Å²) >= 11 is 6.41. The Labute approximate surface area is 115 Å². The summed E-state index contributed by atoms with van der Waals surface area (Å²) in [6, 6.07) is 1.65. The van der Waals surface area contributed by atoms with Crippen LogP contribution in [0.2, 0.25) is 0 Å². The van der Waals surface area contributed by atoms with Crippen molar-refractivity contribution in [2.75, 3.05) is 0 Å². The molecule has 0 radical (unpaired) electrons. The minimum Gasteiger partial charge on any atom is -0.450 e. The Bertz CT molecular complexity index is 387. The van der Waals surface area contributed by atoms with Crippen LogP contribution >= 0.6 is 31.9 Å². The fourth-order valence-corrected chi connectivity index (χ4v) is 2.81. The van der Waals surface area contributed by atoms with Gasteiger partial charge in [0.15, 0.2) is 4.67 Å². The Kier molecular flexibility index (Phi) is 3.95. The lowest BCUT2D eigenvalue weighted by molar-refractivity contribution is 0.00201. The van der Waals surface area contributed by atoms with Crippen molar-refractivity contribution in [2.24, 2.45) is 5.92 Å². The van der Waals surface area contributed by atoms with E-state index in [-0.39, 0.29) is 18.8 Å². The zero-order valence-electron chi connectivity index (χ0n) is 8.93. The van der Waals surface area contributed by atoms with Crippen LogP contribution in [0.5, 0.6) is 0 Å². The smallest absolute Gasteiger partial charge is 0.248 e. The fourth-order valence-electron chi connectivity index (χ4n) is 2.20. The Hall–Kier alpha value is 0.0600. The molecule has 0 aliphatic heterocycles. The van der Waals surface area contributed by atoms with Gasteiger partial charge in [-0.1, -0.05) is 0 Å². The topological polar surface area (TPSA) is 33.4 Å². The molecule has 0 spiro atoms. The number of aliphatic hydroxyl groups is 1. The van der Waals surface area contributed by atoms with Crippen molar-refractivity contribution < 1.29 is 18.3 Å². The van der Waals surface area contributed by atoms with Gasteiger partial charge in [0.05, 0.1) is 4.47 Å². The maximum atomic E-state index is 13.0. The second-order valence-electron chi connectivity index (χ2n) is 4.49. The summed E-state index contributed by atoms with van der Waals surface area (Å²) in [5, 5.41) is 9.91. The van der Waals surface area contributed by atoms with Crippen molar-refractivity contribution in [3.8, 4) is 0 Å². The number of alkyl halides is 2. The van der Waals surface area contributed by atoms with Gasteiger partial charge in [-0.25, -0.2) is 8.78 Å². The third-order valence-electron chi connectivity index (χ3n) is 3.05. The molecule has 2 nitrogen and oxygen atoms in total. The number of halogens is 4. The predicted octanol–water partition coefficient (Wildman–Crippen LogP) is 4.66. The average Bonchev–Trinajstić information content (AvgIpc) is 2.71. The molecule has 1 aromatic rings. The number of hydrogen-bond donors (Lipinski definition) is 1. The van der Waals surface area contributed by atoms with E-state index in [2.05, 4.69) is 31.9 Å². The molecule has 1 N–H and O–H groups in total. The second kappa shape index (κ2) is 4.97. The summed E-state index contributed by atoms with van der Waals surface area (Å²) in [7, 11) is 0. The fraction of sp³-hybridized carbons (Fsp3) is 0.636. The highest BCUT2D eigenvalue weighted by molar-refractivity contribution is 9.13. The average molecular weight is 374 g/mol. The third kappa shape index (κ3) is 3.29. The van der Waals surface area contributed by atoms with Gasteiger partial charge in [0, 0.05) is 12.8 Å². The summed E-state index contributed by atoms with van der Waals surface area (Å²) in [4.78, 5) is 0. The van der Waals surface area contributed by atoms with Gasteiger partial charge in [0.1, 0.15) is 11.9 Å². The van der Waals surface area contributed by atoms with Crippen LogP contribution in [0.3, 0.4) is 0 Å². The monoisotopic (exact) mass is 372 g/mol. The van der Waals surface area contributed by atoms with E-state index in [9.17, 15) is 13.9 Å². The zero-order chi connectivity index (χ0) is 12.6. The standard InChI is InChI=1S/C11H12Br2F2O2/c12-7-4-9(17-10(7)13)8(16)3-6-1-2-11(14,15)5-6/h4,6,8,16H,1-3,5H2. The predicted molar refractivity (Wildman–Crippen MR) is 66.0 cm³/mol. The van der Waals surface area contributed by atoms with Gasteiger partial charge in [-0.05, 0) is 56.7 Å². The van der Waals surface area contributed by atoms with Crippen molar-refractivity contribution in [1.82, 2.24) is 0 Å². The highest BCUT2D eigenvalue weighted by Crippen LogP contribution is 2.43. The van der Waals surface area contributed by atoms with Crippen molar-refractivity contribution in [3.63, 3.8) is 0 Å². The van der Waals surface area contributed by atoms with Crippen LogP contribution in [0.25, 0.3) is 0 Å². The van der Waals surface area contributed by atoms with E-state index in [0.717, 1.165) is 0 Å². The van der Waals surface area contributed by atoms with Crippen LogP contribution in [-0.2, 0) is 0 Å². The SMILES string of the molecule is OC(CC1CCC(F)(F)C1)c1cc(Br)c(Br)o1. The van der Waals surface area contributed by atoms with Crippen LogP contribution in [-0.4, -0.2) is 11.0 Å². The molecule has 1 fully saturated rings. The van der Waals surface area contributed by atoms with Crippen LogP contribution in [0.15, 0.2) is 19.6 Å². The second-order valence-corrected chi connectivity index (χ2v) is 6.06. The highest BCUT2D eigenvalue weighted by atomic mass is 79.9. The minimum absolute atomic E-state index is 0.0735. The van der Waals surface area contributed by atoms with Gasteiger partial charge in [-0.3, -0.25) is 0 Å². The quantitative estimate of drug-likeness (QED) is 0.835. The van der Waals surface area contributed by atoms with E-state index in [4.69, 9.17) is 4.42 Å². The van der Waals surface area contributed by atoms with Crippen LogP contribution in [0.4, 0.5) is 8.78 Å². The van der Waals surface area contributed by atoms with E-state index in [1.165, 1.54) is 0 Å². The lowest BCUT2D eigenvalue weighted by Crippen LogP contribution is -2.11. The number of aliphatic hydroxyl groups excluding tert-OH is 1. The molecule has 17 heavy (non-hydrogen) atoms. The molecule has 1 heterocycles. The van der Waals surface area contributed by atoms with E-state index in [0.29, 0.717) is 27.7 Å². The van der Waals surface area contributed by atoms with Gasteiger partial charge in [-0.2, -0.15) is 0 Å². The maximum Gasteiger partial charge on any atom is 0.248 e. The number of rotatable bonds is 3. The van der Waals surface area contributed by atoms with Crippen molar-refractivity contribution in [3.05, 3.63) is 21.0 Å². The molecule has 1 aliphatic rings. The van der Waals surface area contributed by atoms with Crippen molar-refractivity contribution in [2.45, 2.75) is 37.7 Å². The molecule has 0 saturated heterocycles. The van der Waals surface area contributed by atoms with Crippen LogP contribution < -0.4 is 0 Å². The summed E-state index contributed by atoms with van der Waals surface area (Å²) in [6.45, 7) is 0. The van der Waals surface area contributed by atoms with Gasteiger partial charge in [0.2, 0.25) is 5.92 Å². The van der Waals surface area contributed by atoms with Crippen molar-refractivity contribution >= 4 is 31.9 Å². The Morgan fingerprint density at radius 2 is 2.24 bits per heavy atom. The van der Waals surface area contributed by atoms with Crippen LogP contribution in [0.1, 0.15) is 37.5 Å². The summed E-state index contributed by atoms with van der Waals surface area (Å²) in [5.41, 5.74) is 0. The molecule has 96 valence electrons. The van der Waals surface area contributed by atoms with E-state index < -0.39 is 12.0 Å². The molecular formula is C11H12Br2F2O2. The van der Waals surface area contributed by atoms with Gasteiger partial charge in [-0.15, -0.1) is 0 Å². The minimum atomic E-state index is -2.56. The molecule has 1 aromatic heterocycles. The van der Waals surface area contributed by atoms with Gasteiger partial charge >= 0.3 is 0 Å². The Morgan fingerprint density at radius 1 is 1.53 bits per heavy atom. The lowest BCUT2D eigenvalue weighted by Gasteiger charge is -2.13. The summed E-state index contributed by atoms with van der Waals surface area (Å²) < 4.78 is 32.5. The Morgan fingerprint density at radius 3 is 2.71 bits per heavy atom. The summed E-state index contributed by atoms with van der Waals surface area (Å²) in [5.74, 6) is -2.30. The largest absolute Gasteiger partial charge is 0.450 e. The molecule has 1 aliphatic carbocycles. The van der Waals surface area contributed by atoms with Gasteiger partial charge < -0.3 is 9.52 Å². The first-order chi connectivity index (χ1) is 7.87. The normalized spacial score (nSPS) is 25.1. The molecule has 1 saturated carbocycles. The Balaban J connectivity index is 1.96. The lowest BCUT2D eigenvalue weighted by atomic mass is 9.99. The number of hydrogen-bond acceptors (Lipinski definition) is 2. The first-order valence-electron chi connectivity index (χ1n) is 5.38. The first-order valence-corrected chi connectivity index (χ1v) is 6.96. The van der Waals surface area contributed by atoms with E-state index in [1.54, 1.807) is 6.07 Å². The number of furan rings is 1. The molecule has 0 bridgehead atoms. The first kappa shape index (κ1) is 13.5. The van der Waals surface area contributed by atoms with E-state index >= 15 is 0 Å². The maximum absolute atomic E-state index is 13.0. The molecule has 6 heteroatoms. The zero-order valence-corrected chi connectivity index (χ0v) is 12.1. The molecule has 2 rings (SSSR count). The summed E-state index contributed by atoms with van der Waals surface area (Å²) in [6.07, 6.45) is -0.241. The molecule has 2 unspecified atom stereocenters. The van der Waals surface area contributed by atoms with E-state index in [1.807, 2.05) is 0 Å². The molecule has 0 aromatic carbocycles. The molecule has 0 amide bonds. The highest BCUT2D eigenvalue weighted by Gasteiger charge is 2.40. The van der Waals surface area contributed by atoms with Gasteiger partial charge in [0.25, 0.3) is 0 Å². The molecular weight excluding hydrogens is 362 g/mol.